The summed E-state index contributed by atoms with van der Waals surface area (Å²) < 4.78 is 4.78. The van der Waals surface area contributed by atoms with E-state index in [1.54, 1.807) is 0 Å². The first kappa shape index (κ1) is 22.9. The lowest BCUT2D eigenvalue weighted by Gasteiger charge is -2.16. The van der Waals surface area contributed by atoms with Crippen LogP contribution in [0.3, 0.4) is 0 Å². The fraction of sp³-hybridized carbons (Fsp3) is 0.292. The Labute approximate surface area is 177 Å². The van der Waals surface area contributed by atoms with Crippen LogP contribution >= 0.6 is 0 Å². The molecule has 2 atom stereocenters. The molecule has 2 aromatic rings. The van der Waals surface area contributed by atoms with Crippen molar-refractivity contribution in [2.45, 2.75) is 38.3 Å². The number of rotatable bonds is 10. The van der Waals surface area contributed by atoms with Crippen LogP contribution in [0.15, 0.2) is 66.7 Å². The minimum atomic E-state index is -0.797. The number of ether oxygens (including phenoxy) is 1. The van der Waals surface area contributed by atoms with E-state index in [1.807, 2.05) is 79.7 Å². The number of esters is 1. The van der Waals surface area contributed by atoms with Crippen molar-refractivity contribution in [3.8, 4) is 0 Å². The molecule has 0 fully saturated rings. The number of hydrogen-bond acceptors (Lipinski definition) is 4. The molecule has 30 heavy (non-hydrogen) atoms. The second kappa shape index (κ2) is 12.2. The predicted octanol–water partition coefficient (Wildman–Crippen LogP) is 3.41. The SMILES string of the molecule is COC(=O)[C@@H](C/C=C/c1ccccc1)NC(=O)CCC(=O)N[C@H](C)c1ccccc1. The lowest BCUT2D eigenvalue weighted by molar-refractivity contribution is -0.145. The quantitative estimate of drug-likeness (QED) is 0.590. The molecule has 6 heteroatoms. The summed E-state index contributed by atoms with van der Waals surface area (Å²) in [4.78, 5) is 36.4. The summed E-state index contributed by atoms with van der Waals surface area (Å²) in [5, 5.41) is 5.52. The van der Waals surface area contributed by atoms with Gasteiger partial charge >= 0.3 is 5.97 Å². The number of methoxy groups -OCH3 is 1. The lowest BCUT2D eigenvalue weighted by atomic mass is 10.1. The van der Waals surface area contributed by atoms with E-state index in [-0.39, 0.29) is 30.7 Å². The molecule has 6 nitrogen and oxygen atoms in total. The Morgan fingerprint density at radius 1 is 0.900 bits per heavy atom. The van der Waals surface area contributed by atoms with E-state index in [0.29, 0.717) is 6.42 Å². The first-order valence-electron chi connectivity index (χ1n) is 9.92. The van der Waals surface area contributed by atoms with Crippen molar-refractivity contribution in [1.29, 1.82) is 0 Å². The highest BCUT2D eigenvalue weighted by molar-refractivity contribution is 5.87. The maximum absolute atomic E-state index is 12.2. The minimum absolute atomic E-state index is 0.0107. The second-order valence-electron chi connectivity index (χ2n) is 6.89. The molecule has 0 aliphatic carbocycles. The highest BCUT2D eigenvalue weighted by Gasteiger charge is 2.20. The average Bonchev–Trinajstić information content (AvgIpc) is 2.77. The molecular formula is C24H28N2O4. The number of hydrogen-bond donors (Lipinski definition) is 2. The van der Waals surface area contributed by atoms with Gasteiger partial charge in [-0.25, -0.2) is 4.79 Å². The predicted molar refractivity (Wildman–Crippen MR) is 116 cm³/mol. The Balaban J connectivity index is 1.81. The van der Waals surface area contributed by atoms with Gasteiger partial charge in [0.1, 0.15) is 6.04 Å². The molecule has 0 radical (unpaired) electrons. The highest BCUT2D eigenvalue weighted by Crippen LogP contribution is 2.11. The zero-order valence-corrected chi connectivity index (χ0v) is 17.3. The zero-order valence-electron chi connectivity index (χ0n) is 17.3. The Hall–Kier alpha value is -3.41. The standard InChI is InChI=1S/C24H28N2O4/c1-18(20-13-7-4-8-14-20)25-22(27)16-17-23(28)26-21(24(29)30-2)15-9-12-19-10-5-3-6-11-19/h3-14,18,21H,15-17H2,1-2H3,(H,25,27)(H,26,28)/b12-9+/t18-,21-/m1/s1. The molecular weight excluding hydrogens is 380 g/mol. The number of amides is 2. The van der Waals surface area contributed by atoms with Crippen LogP contribution in [0.2, 0.25) is 0 Å². The summed E-state index contributed by atoms with van der Waals surface area (Å²) in [5.74, 6) is -1.12. The molecule has 2 amide bonds. The summed E-state index contributed by atoms with van der Waals surface area (Å²) in [6, 6.07) is 18.3. The summed E-state index contributed by atoms with van der Waals surface area (Å²) in [6.45, 7) is 1.89. The molecule has 0 heterocycles. The maximum atomic E-state index is 12.2. The molecule has 2 N–H and O–H groups in total. The number of benzene rings is 2. The molecule has 0 bridgehead atoms. The van der Waals surface area contributed by atoms with Gasteiger partial charge in [-0.1, -0.05) is 72.8 Å². The number of nitrogens with one attached hydrogen (secondary N) is 2. The van der Waals surface area contributed by atoms with Gasteiger partial charge < -0.3 is 15.4 Å². The maximum Gasteiger partial charge on any atom is 0.328 e. The Bertz CT molecular complexity index is 850. The van der Waals surface area contributed by atoms with Gasteiger partial charge in [-0.3, -0.25) is 9.59 Å². The molecule has 0 spiro atoms. The van der Waals surface area contributed by atoms with Gasteiger partial charge in [0, 0.05) is 12.8 Å². The van der Waals surface area contributed by atoms with E-state index < -0.39 is 12.0 Å². The van der Waals surface area contributed by atoms with Gasteiger partial charge in [-0.05, 0) is 24.5 Å². The Kier molecular flexibility index (Phi) is 9.31. The van der Waals surface area contributed by atoms with Crippen LogP contribution in [0.5, 0.6) is 0 Å². The molecule has 0 saturated carbocycles. The van der Waals surface area contributed by atoms with Crippen molar-refractivity contribution in [1.82, 2.24) is 10.6 Å². The fourth-order valence-corrected chi connectivity index (χ4v) is 2.89. The molecule has 2 rings (SSSR count). The van der Waals surface area contributed by atoms with Crippen LogP contribution in [0.1, 0.15) is 43.4 Å². The highest BCUT2D eigenvalue weighted by atomic mass is 16.5. The summed E-state index contributed by atoms with van der Waals surface area (Å²) in [6.07, 6.45) is 4.01. The zero-order chi connectivity index (χ0) is 21.8. The van der Waals surface area contributed by atoms with Crippen LogP contribution in [-0.2, 0) is 19.1 Å². The molecule has 158 valence electrons. The van der Waals surface area contributed by atoms with Crippen molar-refractivity contribution in [3.05, 3.63) is 77.9 Å². The normalized spacial score (nSPS) is 12.7. The lowest BCUT2D eigenvalue weighted by Crippen LogP contribution is -2.41. The number of carbonyl (C=O) groups excluding carboxylic acids is 3. The molecule has 0 aliphatic rings. The van der Waals surface area contributed by atoms with Crippen LogP contribution in [-0.4, -0.2) is 30.9 Å². The third kappa shape index (κ3) is 7.91. The van der Waals surface area contributed by atoms with Crippen LogP contribution in [0.4, 0.5) is 0 Å². The second-order valence-corrected chi connectivity index (χ2v) is 6.89. The van der Waals surface area contributed by atoms with Crippen molar-refractivity contribution in [2.24, 2.45) is 0 Å². The van der Waals surface area contributed by atoms with Crippen molar-refractivity contribution < 1.29 is 19.1 Å². The van der Waals surface area contributed by atoms with E-state index in [2.05, 4.69) is 10.6 Å². The Morgan fingerprint density at radius 3 is 2.07 bits per heavy atom. The molecule has 0 unspecified atom stereocenters. The topological polar surface area (TPSA) is 84.5 Å². The van der Waals surface area contributed by atoms with Crippen LogP contribution in [0.25, 0.3) is 6.08 Å². The average molecular weight is 408 g/mol. The van der Waals surface area contributed by atoms with Gasteiger partial charge in [-0.2, -0.15) is 0 Å². The molecule has 0 aromatic heterocycles. The van der Waals surface area contributed by atoms with Gasteiger partial charge in [0.15, 0.2) is 0 Å². The summed E-state index contributed by atoms with van der Waals surface area (Å²) in [5.41, 5.74) is 1.99. The minimum Gasteiger partial charge on any atom is -0.467 e. The van der Waals surface area contributed by atoms with Gasteiger partial charge in [0.05, 0.1) is 13.2 Å². The van der Waals surface area contributed by atoms with Crippen molar-refractivity contribution in [3.63, 3.8) is 0 Å². The van der Waals surface area contributed by atoms with Crippen molar-refractivity contribution in [2.75, 3.05) is 7.11 Å². The van der Waals surface area contributed by atoms with E-state index in [4.69, 9.17) is 4.74 Å². The smallest absolute Gasteiger partial charge is 0.328 e. The molecule has 2 aromatic carbocycles. The number of carbonyl (C=O) groups is 3. The molecule has 0 saturated heterocycles. The monoisotopic (exact) mass is 408 g/mol. The van der Waals surface area contributed by atoms with E-state index >= 15 is 0 Å². The van der Waals surface area contributed by atoms with Crippen LogP contribution < -0.4 is 10.6 Å². The third-order valence-electron chi connectivity index (χ3n) is 4.56. The van der Waals surface area contributed by atoms with E-state index in [0.717, 1.165) is 11.1 Å². The van der Waals surface area contributed by atoms with Gasteiger partial charge in [0.2, 0.25) is 11.8 Å². The third-order valence-corrected chi connectivity index (χ3v) is 4.56. The van der Waals surface area contributed by atoms with E-state index in [1.165, 1.54) is 7.11 Å². The van der Waals surface area contributed by atoms with Crippen LogP contribution in [0, 0.1) is 0 Å². The van der Waals surface area contributed by atoms with Gasteiger partial charge in [-0.15, -0.1) is 0 Å². The fourth-order valence-electron chi connectivity index (χ4n) is 2.89. The largest absolute Gasteiger partial charge is 0.467 e. The van der Waals surface area contributed by atoms with E-state index in [9.17, 15) is 14.4 Å². The van der Waals surface area contributed by atoms with Crippen molar-refractivity contribution >= 4 is 23.9 Å². The first-order valence-corrected chi connectivity index (χ1v) is 9.92. The summed E-state index contributed by atoms with van der Waals surface area (Å²) >= 11 is 0. The molecule has 0 aliphatic heterocycles. The summed E-state index contributed by atoms with van der Waals surface area (Å²) in [7, 11) is 1.28. The Morgan fingerprint density at radius 2 is 1.47 bits per heavy atom. The van der Waals surface area contributed by atoms with Gasteiger partial charge in [0.25, 0.3) is 0 Å². The first-order chi connectivity index (χ1) is 14.5.